The monoisotopic (exact) mass is 182 g/mol. The summed E-state index contributed by atoms with van der Waals surface area (Å²) in [7, 11) is 0. The van der Waals surface area contributed by atoms with Crippen molar-refractivity contribution in [3.8, 4) is 0 Å². The van der Waals surface area contributed by atoms with Crippen molar-refractivity contribution in [3.05, 3.63) is 28.8 Å². The highest BCUT2D eigenvalue weighted by Gasteiger charge is 2.08. The average Bonchev–Trinajstić information content (AvgIpc) is 2.04. The van der Waals surface area contributed by atoms with E-state index in [1.54, 1.807) is 12.1 Å². The van der Waals surface area contributed by atoms with Crippen molar-refractivity contribution < 1.29 is 4.85 Å². The Bertz CT molecular complexity index is 433. The molecule has 0 amide bonds. The van der Waals surface area contributed by atoms with Crippen molar-refractivity contribution >= 4 is 22.8 Å². The van der Waals surface area contributed by atoms with Crippen LogP contribution in [0.4, 0.5) is 0 Å². The molecule has 6 heteroatoms. The third kappa shape index (κ3) is 1.04. The SMILES string of the molecule is [O-][n+]1nc(Cl)nc2ncccc21. The number of fused-ring (bicyclic) bond motifs is 1. The summed E-state index contributed by atoms with van der Waals surface area (Å²) in [5, 5.41) is 14.3. The van der Waals surface area contributed by atoms with Crippen molar-refractivity contribution in [2.24, 2.45) is 0 Å². The lowest BCUT2D eigenvalue weighted by Gasteiger charge is -1.95. The van der Waals surface area contributed by atoms with Gasteiger partial charge >= 0.3 is 0 Å². The minimum atomic E-state index is -0.101. The van der Waals surface area contributed by atoms with Crippen molar-refractivity contribution in [3.63, 3.8) is 0 Å². The summed E-state index contributed by atoms with van der Waals surface area (Å²) in [4.78, 5) is 8.01. The molecule has 5 nitrogen and oxygen atoms in total. The molecule has 60 valence electrons. The van der Waals surface area contributed by atoms with Gasteiger partial charge in [0, 0.05) is 17.4 Å². The maximum absolute atomic E-state index is 11.0. The Morgan fingerprint density at radius 3 is 3.17 bits per heavy atom. The van der Waals surface area contributed by atoms with Gasteiger partial charge in [0.25, 0.3) is 10.8 Å². The van der Waals surface area contributed by atoms with Crippen LogP contribution in [0.2, 0.25) is 5.28 Å². The highest BCUT2D eigenvalue weighted by atomic mass is 35.5. The first kappa shape index (κ1) is 7.17. The molecule has 0 aliphatic carbocycles. The molecule has 0 bridgehead atoms. The van der Waals surface area contributed by atoms with Crippen LogP contribution in [0.1, 0.15) is 0 Å². The average molecular weight is 183 g/mol. The summed E-state index contributed by atoms with van der Waals surface area (Å²) in [6, 6.07) is 3.21. The highest BCUT2D eigenvalue weighted by molar-refractivity contribution is 6.28. The lowest BCUT2D eigenvalue weighted by Crippen LogP contribution is -2.32. The number of pyridine rings is 1. The Morgan fingerprint density at radius 1 is 1.50 bits per heavy atom. The molecule has 0 radical (unpaired) electrons. The normalized spacial score (nSPS) is 10.4. The maximum Gasteiger partial charge on any atom is 0.292 e. The van der Waals surface area contributed by atoms with Crippen molar-refractivity contribution in [1.82, 2.24) is 15.1 Å². The molecular weight excluding hydrogens is 180 g/mol. The van der Waals surface area contributed by atoms with Crippen molar-refractivity contribution in [2.45, 2.75) is 0 Å². The fourth-order valence-electron chi connectivity index (χ4n) is 0.862. The van der Waals surface area contributed by atoms with Gasteiger partial charge in [-0.05, 0) is 22.5 Å². The van der Waals surface area contributed by atoms with Gasteiger partial charge in [-0.1, -0.05) is 0 Å². The zero-order valence-corrected chi connectivity index (χ0v) is 6.56. The lowest BCUT2D eigenvalue weighted by atomic mass is 10.4. The fraction of sp³-hybridized carbons (Fsp3) is 0. The van der Waals surface area contributed by atoms with Crippen LogP contribution in [0.3, 0.4) is 0 Å². The molecule has 0 fully saturated rings. The quantitative estimate of drug-likeness (QED) is 0.435. The van der Waals surface area contributed by atoms with Crippen LogP contribution in [-0.4, -0.2) is 15.1 Å². The van der Waals surface area contributed by atoms with Gasteiger partial charge < -0.3 is 5.21 Å². The summed E-state index contributed by atoms with van der Waals surface area (Å²) in [5.41, 5.74) is 0.606. The van der Waals surface area contributed by atoms with Crippen molar-refractivity contribution in [1.29, 1.82) is 0 Å². The Balaban J connectivity index is 2.89. The minimum absolute atomic E-state index is 0.101. The largest absolute Gasteiger partial charge is 0.594 e. The molecule has 0 atom stereocenters. The third-order valence-corrected chi connectivity index (χ3v) is 1.50. The zero-order valence-electron chi connectivity index (χ0n) is 5.81. The number of hydrogen-bond acceptors (Lipinski definition) is 4. The lowest BCUT2D eigenvalue weighted by molar-refractivity contribution is -0.643. The number of rotatable bonds is 0. The molecule has 0 aliphatic rings. The van der Waals surface area contributed by atoms with Crippen LogP contribution in [0.15, 0.2) is 18.3 Å². The van der Waals surface area contributed by atoms with E-state index in [0.717, 1.165) is 0 Å². The first-order valence-corrected chi connectivity index (χ1v) is 3.53. The second-order valence-electron chi connectivity index (χ2n) is 2.10. The fourth-order valence-corrected chi connectivity index (χ4v) is 1.01. The van der Waals surface area contributed by atoms with Gasteiger partial charge in [-0.15, -0.1) is 0 Å². The molecule has 12 heavy (non-hydrogen) atoms. The second-order valence-corrected chi connectivity index (χ2v) is 2.44. The van der Waals surface area contributed by atoms with E-state index in [2.05, 4.69) is 15.1 Å². The molecule has 0 aliphatic heterocycles. The summed E-state index contributed by atoms with van der Waals surface area (Å²) < 4.78 is 0. The van der Waals surface area contributed by atoms with E-state index in [1.165, 1.54) is 6.20 Å². The smallest absolute Gasteiger partial charge is 0.292 e. The molecule has 0 saturated carbocycles. The Kier molecular flexibility index (Phi) is 1.51. The highest BCUT2D eigenvalue weighted by Crippen LogP contribution is 2.03. The molecule has 2 aromatic rings. The first-order valence-electron chi connectivity index (χ1n) is 3.15. The van der Waals surface area contributed by atoms with E-state index >= 15 is 0 Å². The van der Waals surface area contributed by atoms with Crippen LogP contribution in [-0.2, 0) is 0 Å². The number of nitrogens with zero attached hydrogens (tertiary/aromatic N) is 4. The third-order valence-electron chi connectivity index (χ3n) is 1.34. The van der Waals surface area contributed by atoms with E-state index in [-0.39, 0.29) is 5.28 Å². The van der Waals surface area contributed by atoms with Crippen LogP contribution < -0.4 is 4.85 Å². The predicted molar refractivity (Wildman–Crippen MR) is 41.3 cm³/mol. The molecule has 0 aromatic carbocycles. The van der Waals surface area contributed by atoms with Crippen LogP contribution in [0, 0.1) is 5.21 Å². The van der Waals surface area contributed by atoms with Gasteiger partial charge in [-0.3, -0.25) is 0 Å². The van der Waals surface area contributed by atoms with E-state index in [0.29, 0.717) is 16.0 Å². The van der Waals surface area contributed by atoms with E-state index in [4.69, 9.17) is 11.6 Å². The molecule has 0 unspecified atom stereocenters. The Morgan fingerprint density at radius 2 is 2.33 bits per heavy atom. The molecule has 0 saturated heterocycles. The molecule has 2 aromatic heterocycles. The summed E-state index contributed by atoms with van der Waals surface area (Å²) in [5.74, 6) is 0. The van der Waals surface area contributed by atoms with Gasteiger partial charge in [0.05, 0.1) is 0 Å². The maximum atomic E-state index is 11.0. The molecular formula is C6H3ClN4O. The van der Waals surface area contributed by atoms with Gasteiger partial charge in [0.1, 0.15) is 0 Å². The molecule has 0 N–H and O–H groups in total. The van der Waals surface area contributed by atoms with Crippen LogP contribution in [0.5, 0.6) is 0 Å². The molecule has 0 spiro atoms. The number of hydrogen-bond donors (Lipinski definition) is 0. The van der Waals surface area contributed by atoms with E-state index in [1.807, 2.05) is 0 Å². The molecule has 2 rings (SSSR count). The Labute approximate surface area is 72.2 Å². The summed E-state index contributed by atoms with van der Waals surface area (Å²) >= 11 is 5.44. The molecule has 2 heterocycles. The van der Waals surface area contributed by atoms with Crippen LogP contribution >= 0.6 is 11.6 Å². The van der Waals surface area contributed by atoms with Gasteiger partial charge in [0.2, 0.25) is 5.65 Å². The zero-order chi connectivity index (χ0) is 8.55. The minimum Gasteiger partial charge on any atom is -0.594 e. The topological polar surface area (TPSA) is 65.6 Å². The predicted octanol–water partition coefficient (Wildman–Crippen LogP) is 0.312. The number of aromatic nitrogens is 4. The van der Waals surface area contributed by atoms with Gasteiger partial charge in [-0.25, -0.2) is 4.98 Å². The summed E-state index contributed by atoms with van der Waals surface area (Å²) in [6.07, 6.45) is 1.53. The van der Waals surface area contributed by atoms with Crippen molar-refractivity contribution in [2.75, 3.05) is 0 Å². The standard InChI is InChI=1S/C6H3ClN4O/c7-6-9-5-4(11(12)10-6)2-1-3-8-5/h1-3H. The number of halogens is 1. The second kappa shape index (κ2) is 2.53. The van der Waals surface area contributed by atoms with E-state index < -0.39 is 0 Å². The van der Waals surface area contributed by atoms with Gasteiger partial charge in [-0.2, -0.15) is 4.98 Å². The Hall–Kier alpha value is -1.49. The summed E-state index contributed by atoms with van der Waals surface area (Å²) in [6.45, 7) is 0. The van der Waals surface area contributed by atoms with Crippen LogP contribution in [0.25, 0.3) is 11.2 Å². The van der Waals surface area contributed by atoms with Gasteiger partial charge in [0.15, 0.2) is 0 Å². The first-order chi connectivity index (χ1) is 5.77. The van der Waals surface area contributed by atoms with E-state index in [9.17, 15) is 5.21 Å².